The van der Waals surface area contributed by atoms with Crippen LogP contribution in [-0.4, -0.2) is 59.9 Å². The van der Waals surface area contributed by atoms with Crippen LogP contribution in [0.5, 0.6) is 0 Å². The lowest BCUT2D eigenvalue weighted by atomic mass is 10.0. The zero-order chi connectivity index (χ0) is 14.8. The summed E-state index contributed by atoms with van der Waals surface area (Å²) in [6.45, 7) is 3.88. The molecule has 21 heavy (non-hydrogen) atoms. The van der Waals surface area contributed by atoms with E-state index < -0.39 is 6.10 Å². The molecule has 0 aliphatic carbocycles. The summed E-state index contributed by atoms with van der Waals surface area (Å²) in [7, 11) is 0. The molecule has 5 nitrogen and oxygen atoms in total. The lowest BCUT2D eigenvalue weighted by molar-refractivity contribution is 0.0549. The van der Waals surface area contributed by atoms with Crippen molar-refractivity contribution in [2.45, 2.75) is 18.6 Å². The highest BCUT2D eigenvalue weighted by Crippen LogP contribution is 2.24. The first-order valence-corrected chi connectivity index (χ1v) is 7.36. The number of halogens is 1. The number of nitrogens with zero attached hydrogens (tertiary/aromatic N) is 3. The molecule has 0 amide bonds. The third-order valence-corrected chi connectivity index (χ3v) is 4.21. The van der Waals surface area contributed by atoms with Gasteiger partial charge in [-0.15, -0.1) is 0 Å². The molecule has 0 bridgehead atoms. The van der Waals surface area contributed by atoms with Crippen LogP contribution in [0.1, 0.15) is 12.1 Å². The Labute approximate surface area is 123 Å². The molecule has 0 unspecified atom stereocenters. The summed E-state index contributed by atoms with van der Waals surface area (Å²) in [6.07, 6.45) is 5.57. The minimum atomic E-state index is -0.452. The zero-order valence-corrected chi connectivity index (χ0v) is 12.0. The maximum absolute atomic E-state index is 13.4. The number of pyridine rings is 1. The summed E-state index contributed by atoms with van der Waals surface area (Å²) in [6, 6.07) is 1.42. The van der Waals surface area contributed by atoms with E-state index in [-0.39, 0.29) is 11.9 Å². The van der Waals surface area contributed by atoms with Crippen molar-refractivity contribution in [2.24, 2.45) is 5.73 Å². The third-order valence-electron chi connectivity index (χ3n) is 4.21. The van der Waals surface area contributed by atoms with Crippen molar-refractivity contribution in [1.29, 1.82) is 0 Å². The molecule has 1 fully saturated rings. The number of rotatable bonds is 3. The van der Waals surface area contributed by atoms with Gasteiger partial charge in [0.25, 0.3) is 0 Å². The molecule has 0 radical (unpaired) electrons. The first kappa shape index (κ1) is 14.4. The summed E-state index contributed by atoms with van der Waals surface area (Å²) >= 11 is 0. The number of aliphatic hydroxyl groups excluding tert-OH is 1. The summed E-state index contributed by atoms with van der Waals surface area (Å²) < 4.78 is 13.4. The predicted octanol–water partition coefficient (Wildman–Crippen LogP) is 0.448. The Balaban J connectivity index is 1.62. The Kier molecular flexibility index (Phi) is 4.19. The second kappa shape index (κ2) is 6.09. The normalized spacial score (nSPS) is 26.0. The van der Waals surface area contributed by atoms with Gasteiger partial charge in [0.1, 0.15) is 5.82 Å². The van der Waals surface area contributed by atoms with Gasteiger partial charge in [0.15, 0.2) is 0 Å². The Morgan fingerprint density at radius 3 is 3.10 bits per heavy atom. The van der Waals surface area contributed by atoms with Gasteiger partial charge in [0.05, 0.1) is 23.7 Å². The number of anilines is 1. The highest BCUT2D eigenvalue weighted by Gasteiger charge is 2.25. The molecule has 114 valence electrons. The fraction of sp³-hybridized carbons (Fsp3) is 0.533. The van der Waals surface area contributed by atoms with Crippen molar-refractivity contribution in [3.05, 3.63) is 29.9 Å². The van der Waals surface area contributed by atoms with Crippen molar-refractivity contribution in [2.75, 3.05) is 37.6 Å². The number of nitrogens with two attached hydrogens (primary N) is 1. The molecule has 1 aromatic rings. The molecule has 1 aromatic heterocycles. The van der Waals surface area contributed by atoms with Crippen molar-refractivity contribution in [1.82, 2.24) is 9.88 Å². The summed E-state index contributed by atoms with van der Waals surface area (Å²) in [5.41, 5.74) is 7.46. The number of likely N-dealkylation sites (tertiary alicyclic amines) is 1. The van der Waals surface area contributed by atoms with Crippen LogP contribution >= 0.6 is 0 Å². The molecule has 6 heteroatoms. The molecule has 3 rings (SSSR count). The van der Waals surface area contributed by atoms with Gasteiger partial charge >= 0.3 is 0 Å². The Hall–Kier alpha value is -1.50. The van der Waals surface area contributed by atoms with E-state index in [0.717, 1.165) is 44.0 Å². The maximum Gasteiger partial charge on any atom is 0.143 e. The fourth-order valence-electron chi connectivity index (χ4n) is 2.90. The highest BCUT2D eigenvalue weighted by atomic mass is 19.1. The second-order valence-corrected chi connectivity index (χ2v) is 5.73. The van der Waals surface area contributed by atoms with Crippen LogP contribution in [0.15, 0.2) is 18.3 Å². The fourth-order valence-corrected chi connectivity index (χ4v) is 2.90. The molecule has 0 spiro atoms. The van der Waals surface area contributed by atoms with Gasteiger partial charge in [0.2, 0.25) is 0 Å². The SMILES string of the molecule is N[C@H]1CCN(CCN2CC=Cc3ncc(F)cc32)C[C@H]1O. The van der Waals surface area contributed by atoms with Gasteiger partial charge in [0, 0.05) is 38.3 Å². The van der Waals surface area contributed by atoms with E-state index >= 15 is 0 Å². The number of piperidine rings is 1. The number of aromatic nitrogens is 1. The minimum absolute atomic E-state index is 0.113. The first-order chi connectivity index (χ1) is 10.1. The van der Waals surface area contributed by atoms with Gasteiger partial charge in [-0.3, -0.25) is 9.88 Å². The largest absolute Gasteiger partial charge is 0.390 e. The van der Waals surface area contributed by atoms with Crippen LogP contribution < -0.4 is 10.6 Å². The van der Waals surface area contributed by atoms with Crippen molar-refractivity contribution >= 4 is 11.8 Å². The lowest BCUT2D eigenvalue weighted by Gasteiger charge is -2.36. The Bertz CT molecular complexity index is 536. The van der Waals surface area contributed by atoms with Crippen molar-refractivity contribution < 1.29 is 9.50 Å². The van der Waals surface area contributed by atoms with E-state index in [2.05, 4.69) is 14.8 Å². The van der Waals surface area contributed by atoms with Gasteiger partial charge in [-0.1, -0.05) is 6.08 Å². The molecule has 0 aromatic carbocycles. The molecule has 3 heterocycles. The quantitative estimate of drug-likeness (QED) is 0.847. The van der Waals surface area contributed by atoms with E-state index in [4.69, 9.17) is 5.73 Å². The molecule has 0 saturated carbocycles. The van der Waals surface area contributed by atoms with Gasteiger partial charge in [-0.2, -0.15) is 0 Å². The smallest absolute Gasteiger partial charge is 0.143 e. The standard InChI is InChI=1S/C15H21FN4O/c16-11-8-14-13(18-9-11)2-1-4-20(14)7-6-19-5-3-12(17)15(21)10-19/h1-2,8-9,12,15,21H,3-7,10,17H2/t12-,15+/m0/s1. The first-order valence-electron chi connectivity index (χ1n) is 7.36. The van der Waals surface area contributed by atoms with Gasteiger partial charge in [-0.25, -0.2) is 4.39 Å². The zero-order valence-electron chi connectivity index (χ0n) is 12.0. The van der Waals surface area contributed by atoms with E-state index in [9.17, 15) is 9.50 Å². The topological polar surface area (TPSA) is 65.6 Å². The predicted molar refractivity (Wildman–Crippen MR) is 80.5 cm³/mol. The van der Waals surface area contributed by atoms with Crippen LogP contribution in [0.2, 0.25) is 0 Å². The van der Waals surface area contributed by atoms with Crippen molar-refractivity contribution in [3.63, 3.8) is 0 Å². The van der Waals surface area contributed by atoms with E-state index in [0.29, 0.717) is 6.54 Å². The minimum Gasteiger partial charge on any atom is -0.390 e. The van der Waals surface area contributed by atoms with Gasteiger partial charge < -0.3 is 15.7 Å². The van der Waals surface area contributed by atoms with Crippen molar-refractivity contribution in [3.8, 4) is 0 Å². The lowest BCUT2D eigenvalue weighted by Crippen LogP contribution is -2.52. The average Bonchev–Trinajstić information content (AvgIpc) is 2.48. The number of aliphatic hydroxyl groups is 1. The number of hydrogen-bond donors (Lipinski definition) is 2. The molecular formula is C15H21FN4O. The maximum atomic E-state index is 13.4. The number of hydrogen-bond acceptors (Lipinski definition) is 5. The summed E-state index contributed by atoms with van der Waals surface area (Å²) in [5, 5.41) is 9.83. The van der Waals surface area contributed by atoms with Crippen LogP contribution in [0.4, 0.5) is 10.1 Å². The van der Waals surface area contributed by atoms with E-state index in [1.54, 1.807) is 0 Å². The summed E-state index contributed by atoms with van der Waals surface area (Å²) in [5.74, 6) is -0.312. The second-order valence-electron chi connectivity index (χ2n) is 5.73. The molecule has 2 aliphatic heterocycles. The number of fused-ring (bicyclic) bond motifs is 1. The monoisotopic (exact) mass is 292 g/mol. The van der Waals surface area contributed by atoms with Crippen LogP contribution in [0.25, 0.3) is 6.08 Å². The molecule has 1 saturated heterocycles. The van der Waals surface area contributed by atoms with Gasteiger partial charge in [-0.05, 0) is 19.0 Å². The highest BCUT2D eigenvalue weighted by molar-refractivity contribution is 5.68. The third kappa shape index (κ3) is 3.23. The molecular weight excluding hydrogens is 271 g/mol. The molecule has 2 atom stereocenters. The number of β-amino-alcohol motifs (C(OH)–C–C–N with tert-alkyl or cyclic N) is 1. The van der Waals surface area contributed by atoms with Crippen LogP contribution in [-0.2, 0) is 0 Å². The molecule has 2 aliphatic rings. The average molecular weight is 292 g/mol. The van der Waals surface area contributed by atoms with E-state index in [1.165, 1.54) is 12.3 Å². The summed E-state index contributed by atoms with van der Waals surface area (Å²) in [4.78, 5) is 8.44. The van der Waals surface area contributed by atoms with Crippen LogP contribution in [0, 0.1) is 5.82 Å². The Morgan fingerprint density at radius 2 is 2.29 bits per heavy atom. The van der Waals surface area contributed by atoms with E-state index in [1.807, 2.05) is 12.2 Å². The van der Waals surface area contributed by atoms with Crippen LogP contribution in [0.3, 0.4) is 0 Å². The Morgan fingerprint density at radius 1 is 1.43 bits per heavy atom. The molecule has 3 N–H and O–H groups in total.